The van der Waals surface area contributed by atoms with Crippen LogP contribution >= 0.6 is 0 Å². The van der Waals surface area contributed by atoms with Gasteiger partial charge in [-0.25, -0.2) is 10.2 Å². The Kier molecular flexibility index (Phi) is 2.47. The third kappa shape index (κ3) is 2.51. The maximum Gasteiger partial charge on any atom is 0.427 e. The summed E-state index contributed by atoms with van der Waals surface area (Å²) in [6, 6.07) is 6.29. The van der Waals surface area contributed by atoms with Gasteiger partial charge in [-0.05, 0) is 6.07 Å². The lowest BCUT2D eigenvalue weighted by molar-refractivity contribution is -0.465. The van der Waals surface area contributed by atoms with Crippen LogP contribution in [0.25, 0.3) is 11.0 Å². The number of para-hydroxylation sites is 2. The normalized spacial score (nSPS) is 13.8. The Hall–Kier alpha value is -2.90. The molecule has 0 unspecified atom stereocenters. The first-order valence-corrected chi connectivity index (χ1v) is 5.06. The number of methoxy groups -OCH3 is 1. The summed E-state index contributed by atoms with van der Waals surface area (Å²) < 4.78 is 25.4. The molecule has 0 aliphatic heterocycles. The van der Waals surface area contributed by atoms with Gasteiger partial charge in [0.05, 0.1) is 21.8 Å². The van der Waals surface area contributed by atoms with Gasteiger partial charge in [-0.3, -0.25) is 0 Å². The Morgan fingerprint density at radius 1 is 1.63 bits per heavy atom. The number of hydrazone groups is 1. The lowest BCUT2D eigenvalue weighted by atomic mass is 10.3. The van der Waals surface area contributed by atoms with Gasteiger partial charge in [0, 0.05) is 11.0 Å². The number of hydrogen-bond donors (Lipinski definition) is 2. The maximum atomic E-state index is 11.8. The molecule has 2 rings (SSSR count). The minimum absolute atomic E-state index is 0.0390. The van der Waals surface area contributed by atoms with Crippen LogP contribution in [-0.2, 0) is 4.74 Å². The Labute approximate surface area is 111 Å². The van der Waals surface area contributed by atoms with Crippen molar-refractivity contribution in [1.82, 2.24) is 10.2 Å². The average Bonchev–Trinajstić information content (AvgIpc) is 2.42. The molecule has 0 spiro atoms. The van der Waals surface area contributed by atoms with Crippen LogP contribution in [0.1, 0.15) is 9.81 Å². The van der Waals surface area contributed by atoms with Crippen LogP contribution in [0.3, 0.4) is 0 Å². The number of aromatic nitrogens is 2. The van der Waals surface area contributed by atoms with Crippen molar-refractivity contribution in [1.29, 1.82) is 0 Å². The molecule has 0 saturated carbocycles. The topological polar surface area (TPSA) is 98.8 Å². The smallest absolute Gasteiger partial charge is 0.427 e. The highest BCUT2D eigenvalue weighted by Crippen LogP contribution is 2.08. The predicted molar refractivity (Wildman–Crippen MR) is 65.6 cm³/mol. The van der Waals surface area contributed by atoms with Gasteiger partial charge >= 0.3 is 6.09 Å². The number of ether oxygens (including phenoxy) is 1. The fourth-order valence-corrected chi connectivity index (χ4v) is 1.48. The molecule has 0 radical (unpaired) electrons. The van der Waals surface area contributed by atoms with Gasteiger partial charge in [0.1, 0.15) is 0 Å². The number of benzene rings is 1. The van der Waals surface area contributed by atoms with Crippen LogP contribution in [0, 0.1) is 4.91 Å². The summed E-state index contributed by atoms with van der Waals surface area (Å²) in [7, 11) is -2.89. The zero-order valence-electron chi connectivity index (χ0n) is 12.5. The maximum absolute atomic E-state index is 11.8. The number of amides is 1. The van der Waals surface area contributed by atoms with Crippen molar-refractivity contribution in [2.75, 3.05) is 7.04 Å². The molecular weight excluding hydrogens is 252 g/mol. The van der Waals surface area contributed by atoms with E-state index in [9.17, 15) is 14.9 Å². The van der Waals surface area contributed by atoms with E-state index in [1.165, 1.54) is 12.1 Å². The molecule has 8 nitrogen and oxygen atoms in total. The van der Waals surface area contributed by atoms with E-state index in [-0.39, 0.29) is 16.7 Å². The van der Waals surface area contributed by atoms with Crippen LogP contribution in [-0.4, -0.2) is 29.3 Å². The Balaban J connectivity index is 2.22. The number of nitrogens with one attached hydrogen (secondary N) is 1. The summed E-state index contributed by atoms with van der Waals surface area (Å²) in [6.07, 6.45) is 0.695. The van der Waals surface area contributed by atoms with Crippen molar-refractivity contribution in [3.05, 3.63) is 41.1 Å². The highest BCUT2D eigenvalue weighted by atomic mass is 16.5. The average molecular weight is 266 g/mol. The molecule has 0 aliphatic carbocycles. The van der Waals surface area contributed by atoms with E-state index in [0.717, 1.165) is 12.4 Å². The molecule has 19 heavy (non-hydrogen) atoms. The molecule has 2 aromatic rings. The van der Waals surface area contributed by atoms with Gasteiger partial charge in [0.2, 0.25) is 0 Å². The van der Waals surface area contributed by atoms with E-state index in [1.54, 1.807) is 17.6 Å². The fourth-order valence-electron chi connectivity index (χ4n) is 1.48. The molecule has 1 aromatic heterocycles. The van der Waals surface area contributed by atoms with Gasteiger partial charge in [-0.15, -0.1) is 0 Å². The lowest BCUT2D eigenvalue weighted by Crippen LogP contribution is -2.22. The highest BCUT2D eigenvalue weighted by molar-refractivity contribution is 5.81. The first-order valence-electron chi connectivity index (χ1n) is 6.56. The molecule has 98 valence electrons. The zero-order chi connectivity index (χ0) is 16.3. The molecule has 1 heterocycles. The van der Waals surface area contributed by atoms with Crippen LogP contribution in [0.15, 0.2) is 35.6 Å². The molecule has 2 N–H and O–H groups in total. The number of fused-ring (bicyclic) bond motifs is 1. The molecule has 0 bridgehead atoms. The van der Waals surface area contributed by atoms with Crippen molar-refractivity contribution < 1.29 is 23.3 Å². The van der Waals surface area contributed by atoms with E-state index in [4.69, 9.17) is 4.11 Å². The summed E-state index contributed by atoms with van der Waals surface area (Å²) in [5.41, 5.74) is 2.22. The summed E-state index contributed by atoms with van der Waals surface area (Å²) in [5, 5.41) is 13.4. The number of carbonyl (C=O) groups is 1. The largest absolute Gasteiger partial charge is 0.452 e. The molecule has 1 aromatic carbocycles. The van der Waals surface area contributed by atoms with Gasteiger partial charge in [-0.2, -0.15) is 9.83 Å². The first-order chi connectivity index (χ1) is 10.3. The van der Waals surface area contributed by atoms with Crippen molar-refractivity contribution in [2.24, 2.45) is 5.10 Å². The summed E-state index contributed by atoms with van der Waals surface area (Å²) >= 11 is 0. The second-order valence-corrected chi connectivity index (χ2v) is 3.44. The SMILES string of the molecule is [2H]C([2H])([2H])OC(=O)N/N=C/c1c[n+](=O)c2ccccc2n1O. The monoisotopic (exact) mass is 266 g/mol. The third-order valence-electron chi connectivity index (χ3n) is 2.29. The van der Waals surface area contributed by atoms with Gasteiger partial charge in [-0.1, -0.05) is 12.1 Å². The highest BCUT2D eigenvalue weighted by Gasteiger charge is 2.13. The number of hydrogen-bond acceptors (Lipinski definition) is 5. The van der Waals surface area contributed by atoms with Crippen molar-refractivity contribution in [2.45, 2.75) is 0 Å². The van der Waals surface area contributed by atoms with Crippen LogP contribution in [0.4, 0.5) is 4.79 Å². The molecular formula is C11H11N4O4+. The summed E-state index contributed by atoms with van der Waals surface area (Å²) in [4.78, 5) is 22.9. The molecule has 0 saturated heterocycles. The number of rotatable bonds is 2. The van der Waals surface area contributed by atoms with Crippen LogP contribution in [0.2, 0.25) is 0 Å². The third-order valence-corrected chi connectivity index (χ3v) is 2.29. The Morgan fingerprint density at radius 2 is 2.42 bits per heavy atom. The lowest BCUT2D eigenvalue weighted by Gasteiger charge is -2.01. The van der Waals surface area contributed by atoms with Crippen molar-refractivity contribution in [3.63, 3.8) is 0 Å². The summed E-state index contributed by atoms with van der Waals surface area (Å²) in [5.74, 6) is 0. The zero-order valence-corrected chi connectivity index (χ0v) is 9.48. The van der Waals surface area contributed by atoms with E-state index in [1.807, 2.05) is 0 Å². The molecule has 1 amide bonds. The van der Waals surface area contributed by atoms with Crippen molar-refractivity contribution >= 4 is 23.3 Å². The van der Waals surface area contributed by atoms with Gasteiger partial charge in [0.15, 0.2) is 11.2 Å². The summed E-state index contributed by atoms with van der Waals surface area (Å²) in [6.45, 7) is 0. The van der Waals surface area contributed by atoms with E-state index in [2.05, 4.69) is 9.84 Å². The second-order valence-electron chi connectivity index (χ2n) is 3.44. The molecule has 0 fully saturated rings. The van der Waals surface area contributed by atoms with Gasteiger partial charge < -0.3 is 9.94 Å². The Morgan fingerprint density at radius 3 is 3.21 bits per heavy atom. The molecule has 8 heteroatoms. The first kappa shape index (κ1) is 9.09. The van der Waals surface area contributed by atoms with Crippen molar-refractivity contribution in [3.8, 4) is 0 Å². The van der Waals surface area contributed by atoms with Crippen LogP contribution in [0.5, 0.6) is 0 Å². The molecule has 0 atom stereocenters. The van der Waals surface area contributed by atoms with Gasteiger partial charge in [0.25, 0.3) is 11.7 Å². The quantitative estimate of drug-likeness (QED) is 0.357. The number of carbonyl (C=O) groups excluding carboxylic acids is 1. The Bertz CT molecular complexity index is 800. The predicted octanol–water partition coefficient (Wildman–Crippen LogP) is 0.483. The minimum Gasteiger partial charge on any atom is -0.452 e. The van der Waals surface area contributed by atoms with E-state index in [0.29, 0.717) is 9.16 Å². The second kappa shape index (κ2) is 5.17. The molecule has 0 aliphatic rings. The minimum atomic E-state index is -2.89. The standard InChI is InChI=1S/C11H10N4O4/c1-19-11(16)13-12-6-8-7-14(17)9-4-2-3-5-10(9)15(8)18/h2-7,18H,1H3/p+1/i1D3. The fraction of sp³-hybridized carbons (Fsp3) is 0.0909. The van der Waals surface area contributed by atoms with E-state index < -0.39 is 13.1 Å². The van der Waals surface area contributed by atoms with E-state index >= 15 is 0 Å². The van der Waals surface area contributed by atoms with Crippen LogP contribution < -0.4 is 9.85 Å². The number of nitrogens with zero attached hydrogens (tertiary/aromatic N) is 3.